The van der Waals surface area contributed by atoms with Gasteiger partial charge in [0.05, 0.1) is 12.7 Å². The van der Waals surface area contributed by atoms with Crippen molar-refractivity contribution < 1.29 is 13.9 Å². The molecule has 2 aromatic rings. The molecule has 1 aromatic heterocycles. The maximum absolute atomic E-state index is 13.8. The Balaban J connectivity index is 2.64. The second-order valence-corrected chi connectivity index (χ2v) is 3.39. The summed E-state index contributed by atoms with van der Waals surface area (Å²) >= 11 is 0. The van der Waals surface area contributed by atoms with Gasteiger partial charge in [-0.25, -0.2) is 9.18 Å². The number of nitrogens with zero attached hydrogens (tertiary/aromatic N) is 1. The average Bonchev–Trinajstić information content (AvgIpc) is 2.38. The van der Waals surface area contributed by atoms with E-state index in [4.69, 9.17) is 0 Å². The quantitative estimate of drug-likeness (QED) is 0.746. The average molecular weight is 231 g/mol. The predicted molar refractivity (Wildman–Crippen MR) is 61.0 cm³/mol. The van der Waals surface area contributed by atoms with E-state index in [1.807, 2.05) is 0 Å². The lowest BCUT2D eigenvalue weighted by Crippen LogP contribution is -2.05. The zero-order valence-corrected chi connectivity index (χ0v) is 9.18. The lowest BCUT2D eigenvalue weighted by Gasteiger charge is -2.08. The van der Waals surface area contributed by atoms with E-state index in [2.05, 4.69) is 9.72 Å². The van der Waals surface area contributed by atoms with E-state index in [9.17, 15) is 9.18 Å². The van der Waals surface area contributed by atoms with Crippen molar-refractivity contribution in [3.63, 3.8) is 0 Å². The molecule has 0 aliphatic heterocycles. The third kappa shape index (κ3) is 2.15. The van der Waals surface area contributed by atoms with E-state index < -0.39 is 11.8 Å². The summed E-state index contributed by atoms with van der Waals surface area (Å²) in [4.78, 5) is 15.4. The molecule has 86 valence electrons. The van der Waals surface area contributed by atoms with Gasteiger partial charge in [0.25, 0.3) is 0 Å². The molecule has 0 fully saturated rings. The van der Waals surface area contributed by atoms with Gasteiger partial charge in [-0.1, -0.05) is 6.07 Å². The van der Waals surface area contributed by atoms with E-state index in [0.29, 0.717) is 5.56 Å². The molecule has 4 heteroatoms. The molecule has 17 heavy (non-hydrogen) atoms. The third-order valence-corrected chi connectivity index (χ3v) is 2.39. The number of benzene rings is 1. The van der Waals surface area contributed by atoms with Gasteiger partial charge in [-0.3, -0.25) is 4.98 Å². The summed E-state index contributed by atoms with van der Waals surface area (Å²) in [7, 11) is 1.27. The summed E-state index contributed by atoms with van der Waals surface area (Å²) in [6.07, 6.45) is 3.09. The maximum Gasteiger partial charge on any atom is 0.338 e. The van der Waals surface area contributed by atoms with Crippen LogP contribution < -0.4 is 0 Å². The Morgan fingerprint density at radius 3 is 2.59 bits per heavy atom. The first-order valence-electron chi connectivity index (χ1n) is 5.01. The molecule has 3 nitrogen and oxygen atoms in total. The first-order chi connectivity index (χ1) is 8.24. The molecule has 0 radical (unpaired) electrons. The topological polar surface area (TPSA) is 39.2 Å². The van der Waals surface area contributed by atoms with E-state index in [0.717, 1.165) is 0 Å². The molecule has 0 spiro atoms. The van der Waals surface area contributed by atoms with E-state index in [1.54, 1.807) is 24.5 Å². The van der Waals surface area contributed by atoms with Gasteiger partial charge in [-0.15, -0.1) is 0 Å². The van der Waals surface area contributed by atoms with Crippen molar-refractivity contribution >= 4 is 5.97 Å². The number of carbonyl (C=O) groups is 1. The van der Waals surface area contributed by atoms with Crippen LogP contribution in [-0.2, 0) is 4.74 Å². The van der Waals surface area contributed by atoms with Gasteiger partial charge in [-0.2, -0.15) is 0 Å². The fourth-order valence-electron chi connectivity index (χ4n) is 1.62. The minimum absolute atomic E-state index is 0.207. The van der Waals surface area contributed by atoms with Gasteiger partial charge in [-0.05, 0) is 29.8 Å². The number of rotatable bonds is 2. The minimum atomic E-state index is -0.559. The smallest absolute Gasteiger partial charge is 0.338 e. The van der Waals surface area contributed by atoms with Crippen LogP contribution in [0.25, 0.3) is 11.1 Å². The Morgan fingerprint density at radius 2 is 1.94 bits per heavy atom. The highest BCUT2D eigenvalue weighted by Gasteiger charge is 2.16. The SMILES string of the molecule is COC(=O)c1cccc(F)c1-c1ccncc1. The number of aromatic nitrogens is 1. The number of pyridine rings is 1. The normalized spacial score (nSPS) is 10.0. The molecule has 0 atom stereocenters. The molecule has 0 aliphatic rings. The van der Waals surface area contributed by atoms with Crippen molar-refractivity contribution in [3.8, 4) is 11.1 Å². The summed E-state index contributed by atoms with van der Waals surface area (Å²) < 4.78 is 18.4. The fraction of sp³-hybridized carbons (Fsp3) is 0.0769. The Labute approximate surface area is 97.9 Å². The molecular formula is C13H10FNO2. The van der Waals surface area contributed by atoms with Crippen molar-refractivity contribution in [2.75, 3.05) is 7.11 Å². The first-order valence-corrected chi connectivity index (χ1v) is 5.01. The molecule has 2 rings (SSSR count). The Bertz CT molecular complexity index is 540. The largest absolute Gasteiger partial charge is 0.465 e. The lowest BCUT2D eigenvalue weighted by atomic mass is 10.00. The van der Waals surface area contributed by atoms with Crippen molar-refractivity contribution in [2.24, 2.45) is 0 Å². The number of ether oxygens (including phenoxy) is 1. The number of hydrogen-bond donors (Lipinski definition) is 0. The number of esters is 1. The van der Waals surface area contributed by atoms with Crippen LogP contribution in [0.15, 0.2) is 42.7 Å². The van der Waals surface area contributed by atoms with Gasteiger partial charge < -0.3 is 4.74 Å². The highest BCUT2D eigenvalue weighted by atomic mass is 19.1. The summed E-state index contributed by atoms with van der Waals surface area (Å²) in [6.45, 7) is 0. The zero-order chi connectivity index (χ0) is 12.3. The summed E-state index contributed by atoms with van der Waals surface area (Å²) in [5.74, 6) is -1.02. The van der Waals surface area contributed by atoms with Crippen LogP contribution >= 0.6 is 0 Å². The van der Waals surface area contributed by atoms with Crippen molar-refractivity contribution in [1.29, 1.82) is 0 Å². The molecule has 0 N–H and O–H groups in total. The minimum Gasteiger partial charge on any atom is -0.465 e. The highest BCUT2D eigenvalue weighted by Crippen LogP contribution is 2.26. The van der Waals surface area contributed by atoms with Gasteiger partial charge in [0.1, 0.15) is 5.82 Å². The Kier molecular flexibility index (Phi) is 3.14. The van der Waals surface area contributed by atoms with Crippen LogP contribution in [0.2, 0.25) is 0 Å². The monoisotopic (exact) mass is 231 g/mol. The third-order valence-electron chi connectivity index (χ3n) is 2.39. The Hall–Kier alpha value is -2.23. The molecule has 1 aromatic carbocycles. The van der Waals surface area contributed by atoms with E-state index in [1.165, 1.54) is 25.3 Å². The van der Waals surface area contributed by atoms with Crippen LogP contribution in [0.4, 0.5) is 4.39 Å². The van der Waals surface area contributed by atoms with Crippen molar-refractivity contribution in [1.82, 2.24) is 4.98 Å². The zero-order valence-electron chi connectivity index (χ0n) is 9.18. The van der Waals surface area contributed by atoms with Crippen LogP contribution in [0.5, 0.6) is 0 Å². The van der Waals surface area contributed by atoms with Crippen molar-refractivity contribution in [3.05, 3.63) is 54.1 Å². The fourth-order valence-corrected chi connectivity index (χ4v) is 1.62. The van der Waals surface area contributed by atoms with Gasteiger partial charge in [0.2, 0.25) is 0 Å². The van der Waals surface area contributed by atoms with E-state index >= 15 is 0 Å². The van der Waals surface area contributed by atoms with Crippen molar-refractivity contribution in [2.45, 2.75) is 0 Å². The number of hydrogen-bond acceptors (Lipinski definition) is 3. The van der Waals surface area contributed by atoms with Gasteiger partial charge >= 0.3 is 5.97 Å². The van der Waals surface area contributed by atoms with Crippen LogP contribution in [-0.4, -0.2) is 18.1 Å². The molecule has 1 heterocycles. The molecule has 0 amide bonds. The van der Waals surface area contributed by atoms with Crippen LogP contribution in [0.3, 0.4) is 0 Å². The molecule has 0 unspecified atom stereocenters. The summed E-state index contributed by atoms with van der Waals surface area (Å²) in [5.41, 5.74) is 1.04. The first kappa shape index (κ1) is 11.3. The summed E-state index contributed by atoms with van der Waals surface area (Å²) in [5, 5.41) is 0. The lowest BCUT2D eigenvalue weighted by molar-refractivity contribution is 0.0601. The number of halogens is 1. The molecule has 0 saturated carbocycles. The van der Waals surface area contributed by atoms with Crippen LogP contribution in [0, 0.1) is 5.82 Å². The predicted octanol–water partition coefficient (Wildman–Crippen LogP) is 2.67. The second kappa shape index (κ2) is 4.74. The number of methoxy groups -OCH3 is 1. The standard InChI is InChI=1S/C13H10FNO2/c1-17-13(16)10-3-2-4-11(14)12(10)9-5-7-15-8-6-9/h2-8H,1H3. The molecule has 0 bridgehead atoms. The molecule has 0 aliphatic carbocycles. The molecule has 0 saturated heterocycles. The highest BCUT2D eigenvalue weighted by molar-refractivity contribution is 5.97. The van der Waals surface area contributed by atoms with Crippen LogP contribution in [0.1, 0.15) is 10.4 Å². The Morgan fingerprint density at radius 1 is 1.24 bits per heavy atom. The maximum atomic E-state index is 13.8. The summed E-state index contributed by atoms with van der Waals surface area (Å²) in [6, 6.07) is 7.61. The van der Waals surface area contributed by atoms with Gasteiger partial charge in [0, 0.05) is 18.0 Å². The van der Waals surface area contributed by atoms with E-state index in [-0.39, 0.29) is 11.1 Å². The second-order valence-electron chi connectivity index (χ2n) is 3.39. The van der Waals surface area contributed by atoms with Gasteiger partial charge in [0.15, 0.2) is 0 Å². The number of carbonyl (C=O) groups excluding carboxylic acids is 1. The molecular weight excluding hydrogens is 221 g/mol.